The topological polar surface area (TPSA) is 452 Å². The van der Waals surface area contributed by atoms with Crippen LogP contribution in [0.1, 0.15) is 124 Å². The zero-order valence-corrected chi connectivity index (χ0v) is 52.7. The molecule has 3 rings (SSSR count). The van der Waals surface area contributed by atoms with E-state index in [1.165, 1.54) is 0 Å². The molecule has 27 heteroatoms. The summed E-state index contributed by atoms with van der Waals surface area (Å²) in [6, 6.07) is 21.3. The lowest BCUT2D eigenvalue weighted by Crippen LogP contribution is -2.49. The summed E-state index contributed by atoms with van der Waals surface area (Å²) >= 11 is 0. The minimum atomic E-state index is -1.97. The second-order valence-electron chi connectivity index (χ2n) is 21.9. The highest BCUT2D eigenvalue weighted by atomic mass is 16.6. The number of carbonyl (C=O) groups is 11. The minimum absolute atomic E-state index is 0.0202. The summed E-state index contributed by atoms with van der Waals surface area (Å²) in [5, 5.41) is 28.4. The minimum Gasteiger partial charge on any atom is -0.478 e. The van der Waals surface area contributed by atoms with Crippen molar-refractivity contribution in [1.82, 2.24) is 0 Å². The van der Waals surface area contributed by atoms with Crippen molar-refractivity contribution < 1.29 is 106 Å². The Labute approximate surface area is 524 Å². The van der Waals surface area contributed by atoms with E-state index in [9.17, 15) is 63.0 Å². The molecule has 0 spiro atoms. The van der Waals surface area contributed by atoms with Crippen molar-refractivity contribution in [2.24, 2.45) is 58.3 Å². The van der Waals surface area contributed by atoms with Crippen LogP contribution in [0.4, 0.5) is 0 Å². The number of rotatable bonds is 35. The van der Waals surface area contributed by atoms with Crippen molar-refractivity contribution in [3.05, 3.63) is 108 Å². The van der Waals surface area contributed by atoms with Gasteiger partial charge in [0.15, 0.2) is 12.2 Å². The lowest BCUT2D eigenvalue weighted by Gasteiger charge is -2.27. The molecular weight excluding hydrogens is 1180 g/mol. The van der Waals surface area contributed by atoms with Crippen LogP contribution in [0.25, 0.3) is 0 Å². The molecule has 13 N–H and O–H groups in total. The van der Waals surface area contributed by atoms with Crippen LogP contribution in [0.2, 0.25) is 0 Å². The van der Waals surface area contributed by atoms with Gasteiger partial charge in [-0.2, -0.15) is 0 Å². The second-order valence-corrected chi connectivity index (χ2v) is 21.9. The Kier molecular flexibility index (Phi) is 37.0. The first-order chi connectivity index (χ1) is 42.3. The number of aliphatic carboxylic acids is 3. The molecule has 0 radical (unpaired) electrons. The first kappa shape index (κ1) is 79.6. The van der Waals surface area contributed by atoms with E-state index in [2.05, 4.69) is 0 Å². The van der Waals surface area contributed by atoms with E-state index in [-0.39, 0.29) is 49.4 Å². The molecule has 0 aliphatic rings. The summed E-state index contributed by atoms with van der Waals surface area (Å²) in [7, 11) is 0. The van der Waals surface area contributed by atoms with E-state index in [1.54, 1.807) is 133 Å². The maximum Gasteiger partial charge on any atom is 0.349 e. The summed E-state index contributed by atoms with van der Waals surface area (Å²) in [5.41, 5.74) is 31.1. The molecule has 0 saturated heterocycles. The van der Waals surface area contributed by atoms with Gasteiger partial charge in [0.1, 0.15) is 50.0 Å². The van der Waals surface area contributed by atoms with E-state index >= 15 is 0 Å². The lowest BCUT2D eigenvalue weighted by atomic mass is 10.00. The number of carboxylic acids is 3. The largest absolute Gasteiger partial charge is 0.478 e. The Hall–Kier alpha value is -8.37. The van der Waals surface area contributed by atoms with Crippen molar-refractivity contribution in [1.29, 1.82) is 0 Å². The molecule has 0 aliphatic heterocycles. The monoisotopic (exact) mass is 1270 g/mol. The summed E-state index contributed by atoms with van der Waals surface area (Å²) in [5.74, 6) is -13.1. The molecule has 0 bridgehead atoms. The summed E-state index contributed by atoms with van der Waals surface area (Å²) < 4.78 is 40.8. The van der Waals surface area contributed by atoms with Gasteiger partial charge in [-0.1, -0.05) is 179 Å². The van der Waals surface area contributed by atoms with Crippen molar-refractivity contribution in [3.63, 3.8) is 0 Å². The van der Waals surface area contributed by atoms with Crippen LogP contribution in [0.15, 0.2) is 91.0 Å². The SMILES string of the molecule is CC(C)C(N)C(=O)OC(CC(=O)OCc1ccccc1)C(OC(=O)C(N)C(C)C)C(=O)O.CCC(C)C(N)C(=O)OC(CC(=O)OCc1ccccc1)C(=O)O.CCC(C)C(N)C(=O)OC(CC(=O)OCc1ccccc1)C(OC(=O)C(N)C(C)CC)C(=O)O. The molecule has 0 amide bonds. The third-order valence-corrected chi connectivity index (χ3v) is 14.1. The Balaban J connectivity index is 0.000000685. The van der Waals surface area contributed by atoms with E-state index in [0.29, 0.717) is 30.4 Å². The number of ether oxygens (including phenoxy) is 8. The van der Waals surface area contributed by atoms with Gasteiger partial charge in [0, 0.05) is 0 Å². The molecule has 13 unspecified atom stereocenters. The summed E-state index contributed by atoms with van der Waals surface area (Å²) in [4.78, 5) is 133. The van der Waals surface area contributed by atoms with E-state index in [0.717, 1.165) is 5.56 Å². The van der Waals surface area contributed by atoms with E-state index in [4.69, 9.17) is 71.7 Å². The van der Waals surface area contributed by atoms with Crippen LogP contribution < -0.4 is 28.7 Å². The normalized spacial score (nSPS) is 15.3. The number of nitrogens with two attached hydrogens (primary N) is 5. The highest BCUT2D eigenvalue weighted by Crippen LogP contribution is 2.20. The Morgan fingerprint density at radius 1 is 0.356 bits per heavy atom. The summed E-state index contributed by atoms with van der Waals surface area (Å²) in [6.45, 7) is 17.2. The average molecular weight is 1270 g/mol. The molecule has 27 nitrogen and oxygen atoms in total. The molecule has 0 aliphatic carbocycles. The molecule has 0 fully saturated rings. The third-order valence-electron chi connectivity index (χ3n) is 14.1. The average Bonchev–Trinajstić information content (AvgIpc) is 1.69. The number of esters is 8. The van der Waals surface area contributed by atoms with Gasteiger partial charge in [-0.15, -0.1) is 0 Å². The molecule has 500 valence electrons. The zero-order valence-electron chi connectivity index (χ0n) is 52.7. The van der Waals surface area contributed by atoms with Gasteiger partial charge in [-0.25, -0.2) is 14.4 Å². The van der Waals surface area contributed by atoms with Crippen molar-refractivity contribution in [2.75, 3.05) is 0 Å². The Morgan fingerprint density at radius 3 is 0.878 bits per heavy atom. The lowest BCUT2D eigenvalue weighted by molar-refractivity contribution is -0.184. The van der Waals surface area contributed by atoms with Gasteiger partial charge in [0.25, 0.3) is 0 Å². The van der Waals surface area contributed by atoms with Gasteiger partial charge in [0.05, 0.1) is 19.3 Å². The molecule has 13 atom stereocenters. The van der Waals surface area contributed by atoms with Gasteiger partial charge in [0.2, 0.25) is 18.3 Å². The maximum atomic E-state index is 12.6. The van der Waals surface area contributed by atoms with E-state index < -0.39 is 146 Å². The standard InChI is InChI=1S/C24H36N2O8.C22H32N2O8.C17H23NO6/c1-5-14(3)19(25)23(30)33-17(12-18(27)32-13-16-10-8-7-9-11-16)21(22(28)29)34-24(31)20(26)15(4)6-2;1-12(2)17(23)21(28)31-15(10-16(25)30-11-14-8-6-5-7-9-14)19(20(26)27)32-22(29)18(24)13(3)4;1-3-11(2)15(18)17(22)24-13(16(20)21)9-14(19)23-10-12-7-5-4-6-8-12/h7-11,14-15,17,19-21H,5-6,12-13,25-26H2,1-4H3,(H,28,29);5-9,12-13,15,17-19H,10-11,23-24H2,1-4H3,(H,26,27);4-8,11,13,15H,3,9-10,18H2,1-2H3,(H,20,21). The number of hydrogen-bond donors (Lipinski definition) is 8. The third kappa shape index (κ3) is 29.8. The second kappa shape index (κ2) is 41.8. The van der Waals surface area contributed by atoms with Crippen LogP contribution in [0.5, 0.6) is 0 Å². The maximum absolute atomic E-state index is 12.6. The quantitative estimate of drug-likeness (QED) is 0.0301. The van der Waals surface area contributed by atoms with Gasteiger partial charge >= 0.3 is 65.7 Å². The highest BCUT2D eigenvalue weighted by Gasteiger charge is 2.42. The Bertz CT molecular complexity index is 2740. The van der Waals surface area contributed by atoms with Gasteiger partial charge in [-0.3, -0.25) is 38.4 Å². The molecular formula is C63H91N5O22. The number of benzene rings is 3. The van der Waals surface area contributed by atoms with Crippen molar-refractivity contribution >= 4 is 65.7 Å². The van der Waals surface area contributed by atoms with Gasteiger partial charge < -0.3 is 81.9 Å². The number of carbonyl (C=O) groups excluding carboxylic acids is 8. The Morgan fingerprint density at radius 2 is 0.611 bits per heavy atom. The molecule has 0 saturated carbocycles. The van der Waals surface area contributed by atoms with Gasteiger partial charge in [-0.05, 0) is 46.3 Å². The van der Waals surface area contributed by atoms with Crippen LogP contribution in [-0.4, -0.2) is 142 Å². The van der Waals surface area contributed by atoms with Crippen LogP contribution in [-0.2, 0) is 110 Å². The number of carboxylic acid groups (broad SMARTS) is 3. The van der Waals surface area contributed by atoms with Crippen LogP contribution in [0.3, 0.4) is 0 Å². The van der Waals surface area contributed by atoms with E-state index in [1.807, 2.05) is 26.8 Å². The number of hydrogen-bond acceptors (Lipinski definition) is 24. The summed E-state index contributed by atoms with van der Waals surface area (Å²) in [6.07, 6.45) is -8.99. The van der Waals surface area contributed by atoms with Crippen LogP contribution >= 0.6 is 0 Å². The zero-order chi connectivity index (χ0) is 68.4. The molecule has 90 heavy (non-hydrogen) atoms. The predicted molar refractivity (Wildman–Crippen MR) is 323 cm³/mol. The molecule has 0 aromatic heterocycles. The molecule has 3 aromatic carbocycles. The molecule has 3 aromatic rings. The van der Waals surface area contributed by atoms with Crippen LogP contribution in [0, 0.1) is 29.6 Å². The van der Waals surface area contributed by atoms with Crippen molar-refractivity contribution in [2.45, 2.75) is 188 Å². The fourth-order valence-electron chi connectivity index (χ4n) is 7.13. The smallest absolute Gasteiger partial charge is 0.349 e. The highest BCUT2D eigenvalue weighted by molar-refractivity contribution is 5.86. The molecule has 0 heterocycles. The fraction of sp³-hybridized carbons (Fsp3) is 0.540. The van der Waals surface area contributed by atoms with Crippen molar-refractivity contribution in [3.8, 4) is 0 Å². The first-order valence-corrected chi connectivity index (χ1v) is 29.4. The first-order valence-electron chi connectivity index (χ1n) is 29.4. The predicted octanol–water partition coefficient (Wildman–Crippen LogP) is 4.26. The fourth-order valence-corrected chi connectivity index (χ4v) is 7.13.